The minimum Gasteiger partial charge on any atom is -0.334 e. The van der Waals surface area contributed by atoms with Crippen molar-refractivity contribution < 1.29 is 0 Å². The van der Waals surface area contributed by atoms with Crippen LogP contribution in [-0.2, 0) is 32.5 Å². The van der Waals surface area contributed by atoms with Gasteiger partial charge in [0, 0.05) is 50.9 Å². The molecule has 2 atom stereocenters. The molecule has 1 aliphatic carbocycles. The molecule has 2 unspecified atom stereocenters. The molecule has 69 heavy (non-hydrogen) atoms. The minimum absolute atomic E-state index is 0.0199. The number of fused-ring (bicyclic) bond motifs is 7. The summed E-state index contributed by atoms with van der Waals surface area (Å²) in [5, 5.41) is 0. The standard InChI is InChI=1S/C65H80BN3/c1-59(2,3)42-23-21-25-47(35-42)67-54-38-45(62(10,11)12)27-30-51(54)66-52-31-28-46(63(13,14)15)39-55(52)68(48-26-22-24-43(36-48)60(4,5)6)57-41-49(40-56(67)58(57)66)69-53-32-29-44(61(7,8)9)37-50(53)64(16)33-19-18-20-34-65(64,69)17/h21-32,35-41H,18-20,33-34H2,1-17H3. The molecule has 3 nitrogen and oxygen atoms in total. The number of benzene rings is 6. The lowest BCUT2D eigenvalue weighted by Gasteiger charge is -2.49. The zero-order valence-corrected chi connectivity index (χ0v) is 45.4. The molecule has 6 aromatic carbocycles. The van der Waals surface area contributed by atoms with Crippen molar-refractivity contribution in [1.29, 1.82) is 0 Å². The quantitative estimate of drug-likeness (QED) is 0.164. The minimum atomic E-state index is -0.144. The van der Waals surface area contributed by atoms with Crippen molar-refractivity contribution in [3.63, 3.8) is 0 Å². The molecule has 6 aromatic rings. The summed E-state index contributed by atoms with van der Waals surface area (Å²) < 4.78 is 0. The van der Waals surface area contributed by atoms with E-state index in [1.54, 1.807) is 0 Å². The van der Waals surface area contributed by atoms with Crippen molar-refractivity contribution in [2.24, 2.45) is 0 Å². The van der Waals surface area contributed by atoms with Gasteiger partial charge in [-0.25, -0.2) is 0 Å². The molecule has 1 saturated carbocycles. The molecule has 1 fully saturated rings. The molecule has 0 spiro atoms. The van der Waals surface area contributed by atoms with Gasteiger partial charge in [0.25, 0.3) is 6.71 Å². The number of hydrogen-bond donors (Lipinski definition) is 0. The van der Waals surface area contributed by atoms with E-state index in [9.17, 15) is 0 Å². The maximum absolute atomic E-state index is 2.85. The van der Waals surface area contributed by atoms with Gasteiger partial charge in [0.15, 0.2) is 0 Å². The Bertz CT molecular complexity index is 2860. The summed E-state index contributed by atoms with van der Waals surface area (Å²) in [6.07, 6.45) is 6.09. The summed E-state index contributed by atoms with van der Waals surface area (Å²) in [5.74, 6) is 0. The van der Waals surface area contributed by atoms with Gasteiger partial charge in [-0.2, -0.15) is 0 Å². The molecule has 0 saturated heterocycles. The number of hydrogen-bond acceptors (Lipinski definition) is 3. The average molecular weight is 914 g/mol. The van der Waals surface area contributed by atoms with Crippen LogP contribution in [0.2, 0.25) is 0 Å². The van der Waals surface area contributed by atoms with Crippen LogP contribution in [0.1, 0.15) is 183 Å². The van der Waals surface area contributed by atoms with Crippen LogP contribution in [0.15, 0.2) is 115 Å². The maximum Gasteiger partial charge on any atom is 0.252 e. The summed E-state index contributed by atoms with van der Waals surface area (Å²) in [5.41, 5.74) is 22.4. The Morgan fingerprint density at radius 1 is 0.391 bits per heavy atom. The Balaban J connectivity index is 1.37. The van der Waals surface area contributed by atoms with Crippen molar-refractivity contribution in [2.75, 3.05) is 14.7 Å². The van der Waals surface area contributed by atoms with Gasteiger partial charge in [0.2, 0.25) is 0 Å². The molecule has 4 heteroatoms. The highest BCUT2D eigenvalue weighted by molar-refractivity contribution is 7.00. The highest BCUT2D eigenvalue weighted by Crippen LogP contribution is 2.61. The van der Waals surface area contributed by atoms with Gasteiger partial charge >= 0.3 is 0 Å². The Hall–Kier alpha value is -5.22. The Morgan fingerprint density at radius 3 is 1.28 bits per heavy atom. The van der Waals surface area contributed by atoms with Gasteiger partial charge in [0.1, 0.15) is 0 Å². The van der Waals surface area contributed by atoms with Crippen LogP contribution < -0.4 is 31.1 Å². The van der Waals surface area contributed by atoms with E-state index in [0.717, 1.165) is 6.42 Å². The normalized spacial score (nSPS) is 20.2. The van der Waals surface area contributed by atoms with Crippen LogP contribution in [0.4, 0.5) is 45.5 Å². The summed E-state index contributed by atoms with van der Waals surface area (Å²) in [7, 11) is 0. The van der Waals surface area contributed by atoms with E-state index < -0.39 is 0 Å². The van der Waals surface area contributed by atoms with E-state index in [-0.39, 0.29) is 44.7 Å². The molecule has 0 bridgehead atoms. The SMILES string of the molecule is CC(C)(C)c1cccc(N2c3cc(C(C)(C)C)ccc3B3c4ccc(C(C)(C)C)cc4N(c4cccc(C(C)(C)C)c4)c4cc(N5c6ccc(C(C)(C)C)cc6C6(C)CCCCCC56C)cc2c43)c1. The van der Waals surface area contributed by atoms with Gasteiger partial charge < -0.3 is 14.7 Å². The van der Waals surface area contributed by atoms with Crippen molar-refractivity contribution in [3.05, 3.63) is 149 Å². The largest absolute Gasteiger partial charge is 0.334 e. The van der Waals surface area contributed by atoms with Crippen LogP contribution in [-0.4, -0.2) is 12.3 Å². The molecular weight excluding hydrogens is 834 g/mol. The fourth-order valence-electron chi connectivity index (χ4n) is 12.6. The smallest absolute Gasteiger partial charge is 0.252 e. The fourth-order valence-corrected chi connectivity index (χ4v) is 12.6. The van der Waals surface area contributed by atoms with Crippen molar-refractivity contribution >= 4 is 68.6 Å². The first-order chi connectivity index (χ1) is 32.1. The van der Waals surface area contributed by atoms with E-state index in [0.29, 0.717) is 0 Å². The molecule has 0 radical (unpaired) electrons. The number of rotatable bonds is 3. The second-order valence-corrected chi connectivity index (χ2v) is 27.1. The lowest BCUT2D eigenvalue weighted by Crippen LogP contribution is -2.61. The zero-order valence-electron chi connectivity index (χ0n) is 45.4. The van der Waals surface area contributed by atoms with Crippen LogP contribution in [0.3, 0.4) is 0 Å². The fraction of sp³-hybridized carbons (Fsp3) is 0.446. The van der Waals surface area contributed by atoms with E-state index in [1.807, 2.05) is 0 Å². The van der Waals surface area contributed by atoms with Crippen LogP contribution in [0.5, 0.6) is 0 Å². The summed E-state index contributed by atoms with van der Waals surface area (Å²) in [6, 6.07) is 46.6. The second kappa shape index (κ2) is 15.6. The number of nitrogens with zero attached hydrogens (tertiary/aromatic N) is 3. The molecule has 3 heterocycles. The average Bonchev–Trinajstić information content (AvgIpc) is 3.33. The van der Waals surface area contributed by atoms with Crippen LogP contribution in [0, 0.1) is 0 Å². The molecule has 0 aromatic heterocycles. The topological polar surface area (TPSA) is 9.72 Å². The molecule has 0 amide bonds. The van der Waals surface area contributed by atoms with E-state index in [1.165, 1.54) is 121 Å². The summed E-state index contributed by atoms with van der Waals surface area (Å²) >= 11 is 0. The third-order valence-corrected chi connectivity index (χ3v) is 17.2. The maximum atomic E-state index is 2.85. The van der Waals surface area contributed by atoms with Crippen molar-refractivity contribution in [2.45, 2.75) is 188 Å². The van der Waals surface area contributed by atoms with Gasteiger partial charge in [-0.15, -0.1) is 0 Å². The van der Waals surface area contributed by atoms with Crippen LogP contribution in [0.25, 0.3) is 0 Å². The molecular formula is C65H80BN3. The molecule has 3 aliphatic heterocycles. The Morgan fingerprint density at radius 2 is 0.812 bits per heavy atom. The third kappa shape index (κ3) is 7.59. The van der Waals surface area contributed by atoms with E-state index in [2.05, 4.69) is 248 Å². The first-order valence-electron chi connectivity index (χ1n) is 26.3. The van der Waals surface area contributed by atoms with E-state index in [4.69, 9.17) is 0 Å². The monoisotopic (exact) mass is 914 g/mol. The molecule has 4 aliphatic rings. The van der Waals surface area contributed by atoms with Gasteiger partial charge in [-0.3, -0.25) is 0 Å². The lowest BCUT2D eigenvalue weighted by atomic mass is 9.33. The van der Waals surface area contributed by atoms with Gasteiger partial charge in [0.05, 0.1) is 5.54 Å². The predicted molar refractivity (Wildman–Crippen MR) is 301 cm³/mol. The van der Waals surface area contributed by atoms with E-state index >= 15 is 0 Å². The van der Waals surface area contributed by atoms with Crippen molar-refractivity contribution in [1.82, 2.24) is 0 Å². The predicted octanol–water partition coefficient (Wildman–Crippen LogP) is 16.4. The van der Waals surface area contributed by atoms with Gasteiger partial charge in [-0.1, -0.05) is 191 Å². The first-order valence-corrected chi connectivity index (χ1v) is 26.3. The van der Waals surface area contributed by atoms with Crippen LogP contribution >= 0.6 is 0 Å². The highest BCUT2D eigenvalue weighted by atomic mass is 15.3. The zero-order chi connectivity index (χ0) is 49.6. The summed E-state index contributed by atoms with van der Waals surface area (Å²) in [4.78, 5) is 8.19. The Kier molecular flexibility index (Phi) is 10.8. The first kappa shape index (κ1) is 47.5. The molecule has 358 valence electrons. The second-order valence-electron chi connectivity index (χ2n) is 27.1. The number of anilines is 8. The lowest BCUT2D eigenvalue weighted by molar-refractivity contribution is 0.261. The summed E-state index contributed by atoms with van der Waals surface area (Å²) in [6.45, 7) is 40.6. The van der Waals surface area contributed by atoms with Crippen molar-refractivity contribution in [3.8, 4) is 0 Å². The molecule has 0 N–H and O–H groups in total. The molecule has 10 rings (SSSR count). The Labute approximate surface area is 417 Å². The third-order valence-electron chi connectivity index (χ3n) is 17.2. The van der Waals surface area contributed by atoms with Gasteiger partial charge in [-0.05, 0) is 151 Å². The highest BCUT2D eigenvalue weighted by Gasteiger charge is 2.57.